The zero-order chi connectivity index (χ0) is 16.9. The Morgan fingerprint density at radius 1 is 1.21 bits per heavy atom. The highest BCUT2D eigenvalue weighted by Gasteiger charge is 2.08. The van der Waals surface area contributed by atoms with Crippen LogP contribution in [0.25, 0.3) is 11.3 Å². The lowest BCUT2D eigenvalue weighted by atomic mass is 10.1. The summed E-state index contributed by atoms with van der Waals surface area (Å²) in [5, 5.41) is 5.96. The largest absolute Gasteiger partial charge is 0.494 e. The fourth-order valence-corrected chi connectivity index (χ4v) is 2.95. The number of hydrogen-bond donors (Lipinski definition) is 1. The second kappa shape index (κ2) is 7.27. The summed E-state index contributed by atoms with van der Waals surface area (Å²) in [5.74, 6) is 0.611. The van der Waals surface area contributed by atoms with Gasteiger partial charge >= 0.3 is 0 Å². The first-order chi connectivity index (χ1) is 11.7. The fraction of sp³-hybridized carbons (Fsp3) is 0.158. The van der Waals surface area contributed by atoms with Crippen LogP contribution in [0.3, 0.4) is 0 Å². The molecule has 24 heavy (non-hydrogen) atoms. The second-order valence-electron chi connectivity index (χ2n) is 5.24. The standard InChI is InChI=1S/C19H18N2O2S/c1-3-23-17-9-7-14(8-10-17)19(22)21-16-6-4-5-15(11-16)18-12-24-13(2)20-18/h4-12H,3H2,1-2H3,(H,21,22). The smallest absolute Gasteiger partial charge is 0.255 e. The van der Waals surface area contributed by atoms with E-state index in [4.69, 9.17) is 4.74 Å². The van der Waals surface area contributed by atoms with E-state index in [-0.39, 0.29) is 5.91 Å². The van der Waals surface area contributed by atoms with Gasteiger partial charge in [-0.05, 0) is 50.2 Å². The number of anilines is 1. The van der Waals surface area contributed by atoms with Gasteiger partial charge < -0.3 is 10.1 Å². The van der Waals surface area contributed by atoms with Crippen LogP contribution in [0.5, 0.6) is 5.75 Å². The Kier molecular flexibility index (Phi) is 4.91. The molecular weight excluding hydrogens is 320 g/mol. The summed E-state index contributed by atoms with van der Waals surface area (Å²) < 4.78 is 5.39. The van der Waals surface area contributed by atoms with Crippen molar-refractivity contribution in [1.29, 1.82) is 0 Å². The van der Waals surface area contributed by atoms with E-state index in [9.17, 15) is 4.79 Å². The second-order valence-corrected chi connectivity index (χ2v) is 6.31. The van der Waals surface area contributed by atoms with Crippen molar-refractivity contribution in [2.75, 3.05) is 11.9 Å². The number of thiazole rings is 1. The van der Waals surface area contributed by atoms with Crippen LogP contribution in [-0.4, -0.2) is 17.5 Å². The third-order valence-electron chi connectivity index (χ3n) is 3.46. The number of hydrogen-bond acceptors (Lipinski definition) is 4. The van der Waals surface area contributed by atoms with E-state index in [2.05, 4.69) is 10.3 Å². The van der Waals surface area contributed by atoms with Gasteiger partial charge in [0.05, 0.1) is 17.3 Å². The van der Waals surface area contributed by atoms with Crippen molar-refractivity contribution in [2.24, 2.45) is 0 Å². The minimum atomic E-state index is -0.148. The number of rotatable bonds is 5. The third-order valence-corrected chi connectivity index (χ3v) is 4.24. The van der Waals surface area contributed by atoms with E-state index in [1.54, 1.807) is 35.6 Å². The van der Waals surface area contributed by atoms with Crippen molar-refractivity contribution in [3.8, 4) is 17.0 Å². The first-order valence-corrected chi connectivity index (χ1v) is 8.60. The minimum absolute atomic E-state index is 0.148. The van der Waals surface area contributed by atoms with Crippen LogP contribution < -0.4 is 10.1 Å². The van der Waals surface area contributed by atoms with Gasteiger partial charge in [0.15, 0.2) is 0 Å². The van der Waals surface area contributed by atoms with Crippen molar-refractivity contribution in [2.45, 2.75) is 13.8 Å². The molecule has 2 aromatic carbocycles. The molecule has 0 fully saturated rings. The summed E-state index contributed by atoms with van der Waals surface area (Å²) in [5.41, 5.74) is 3.25. The van der Waals surface area contributed by atoms with Gasteiger partial charge in [0.2, 0.25) is 0 Å². The van der Waals surface area contributed by atoms with Gasteiger partial charge in [-0.25, -0.2) is 4.98 Å². The Bertz CT molecular complexity index is 841. The molecule has 0 atom stereocenters. The molecule has 4 nitrogen and oxygen atoms in total. The van der Waals surface area contributed by atoms with Gasteiger partial charge in [-0.3, -0.25) is 4.79 Å². The SMILES string of the molecule is CCOc1ccc(C(=O)Nc2cccc(-c3csc(C)n3)c2)cc1. The molecule has 1 amide bonds. The normalized spacial score (nSPS) is 10.4. The van der Waals surface area contributed by atoms with Crippen LogP contribution in [0, 0.1) is 6.92 Å². The maximum Gasteiger partial charge on any atom is 0.255 e. The highest BCUT2D eigenvalue weighted by atomic mass is 32.1. The Morgan fingerprint density at radius 3 is 2.67 bits per heavy atom. The molecule has 3 rings (SSSR count). The highest BCUT2D eigenvalue weighted by molar-refractivity contribution is 7.09. The molecular formula is C19H18N2O2S. The van der Waals surface area contributed by atoms with E-state index in [0.29, 0.717) is 12.2 Å². The van der Waals surface area contributed by atoms with Crippen LogP contribution in [0.2, 0.25) is 0 Å². The lowest BCUT2D eigenvalue weighted by Gasteiger charge is -2.08. The number of carbonyl (C=O) groups is 1. The van der Waals surface area contributed by atoms with E-state index < -0.39 is 0 Å². The topological polar surface area (TPSA) is 51.2 Å². The quantitative estimate of drug-likeness (QED) is 0.729. The average Bonchev–Trinajstić information content (AvgIpc) is 3.03. The van der Waals surface area contributed by atoms with E-state index in [1.165, 1.54) is 0 Å². The monoisotopic (exact) mass is 338 g/mol. The zero-order valence-corrected chi connectivity index (χ0v) is 14.4. The van der Waals surface area contributed by atoms with Crippen LogP contribution in [0.15, 0.2) is 53.9 Å². The summed E-state index contributed by atoms with van der Waals surface area (Å²) >= 11 is 1.61. The Balaban J connectivity index is 1.74. The van der Waals surface area contributed by atoms with E-state index >= 15 is 0 Å². The van der Waals surface area contributed by atoms with E-state index in [1.807, 2.05) is 43.5 Å². The van der Waals surface area contributed by atoms with Crippen LogP contribution in [0.1, 0.15) is 22.3 Å². The molecule has 0 bridgehead atoms. The molecule has 5 heteroatoms. The number of ether oxygens (including phenoxy) is 1. The molecule has 0 radical (unpaired) electrons. The molecule has 0 aliphatic carbocycles. The van der Waals surface area contributed by atoms with Gasteiger partial charge in [0.1, 0.15) is 5.75 Å². The summed E-state index contributed by atoms with van der Waals surface area (Å²) in [7, 11) is 0. The number of carbonyl (C=O) groups excluding carboxylic acids is 1. The van der Waals surface area contributed by atoms with Crippen LogP contribution in [-0.2, 0) is 0 Å². The lowest BCUT2D eigenvalue weighted by molar-refractivity contribution is 0.102. The molecule has 1 N–H and O–H groups in total. The number of amides is 1. The van der Waals surface area contributed by atoms with Crippen molar-refractivity contribution in [1.82, 2.24) is 4.98 Å². The van der Waals surface area contributed by atoms with Crippen LogP contribution >= 0.6 is 11.3 Å². The number of aryl methyl sites for hydroxylation is 1. The van der Waals surface area contributed by atoms with Crippen LogP contribution in [0.4, 0.5) is 5.69 Å². The molecule has 0 aliphatic heterocycles. The van der Waals surface area contributed by atoms with Gasteiger partial charge in [0, 0.05) is 22.2 Å². The number of nitrogens with one attached hydrogen (secondary N) is 1. The molecule has 0 spiro atoms. The maximum atomic E-state index is 12.4. The molecule has 1 aromatic heterocycles. The van der Waals surface area contributed by atoms with Crippen molar-refractivity contribution in [3.63, 3.8) is 0 Å². The molecule has 0 saturated heterocycles. The van der Waals surface area contributed by atoms with Crippen molar-refractivity contribution >= 4 is 22.9 Å². The average molecular weight is 338 g/mol. The number of nitrogens with zero attached hydrogens (tertiary/aromatic N) is 1. The summed E-state index contributed by atoms with van der Waals surface area (Å²) in [6.45, 7) is 4.51. The maximum absolute atomic E-state index is 12.4. The molecule has 1 heterocycles. The van der Waals surface area contributed by atoms with Gasteiger partial charge in [-0.1, -0.05) is 12.1 Å². The molecule has 0 unspecified atom stereocenters. The first-order valence-electron chi connectivity index (χ1n) is 7.72. The number of benzene rings is 2. The predicted octanol–water partition coefficient (Wildman–Crippen LogP) is 4.77. The first kappa shape index (κ1) is 16.2. The molecule has 0 aliphatic rings. The molecule has 122 valence electrons. The summed E-state index contributed by atoms with van der Waals surface area (Å²) in [6, 6.07) is 14.8. The van der Waals surface area contributed by atoms with E-state index in [0.717, 1.165) is 27.7 Å². The molecule has 0 saturated carbocycles. The van der Waals surface area contributed by atoms with Crippen molar-refractivity contribution in [3.05, 3.63) is 64.5 Å². The Labute approximate surface area is 145 Å². The predicted molar refractivity (Wildman–Crippen MR) is 97.9 cm³/mol. The Hall–Kier alpha value is -2.66. The lowest BCUT2D eigenvalue weighted by Crippen LogP contribution is -2.11. The van der Waals surface area contributed by atoms with Crippen molar-refractivity contribution < 1.29 is 9.53 Å². The minimum Gasteiger partial charge on any atom is -0.494 e. The number of aromatic nitrogens is 1. The summed E-state index contributed by atoms with van der Waals surface area (Å²) in [6.07, 6.45) is 0. The Morgan fingerprint density at radius 2 is 2.00 bits per heavy atom. The third kappa shape index (κ3) is 3.81. The van der Waals surface area contributed by atoms with Gasteiger partial charge in [-0.15, -0.1) is 11.3 Å². The van der Waals surface area contributed by atoms with Gasteiger partial charge in [-0.2, -0.15) is 0 Å². The fourth-order valence-electron chi connectivity index (χ4n) is 2.32. The zero-order valence-electron chi connectivity index (χ0n) is 13.6. The highest BCUT2D eigenvalue weighted by Crippen LogP contribution is 2.24. The summed E-state index contributed by atoms with van der Waals surface area (Å²) in [4.78, 5) is 16.8. The van der Waals surface area contributed by atoms with Gasteiger partial charge in [0.25, 0.3) is 5.91 Å². The molecule has 3 aromatic rings.